The van der Waals surface area contributed by atoms with Crippen LogP contribution in [0.5, 0.6) is 0 Å². The van der Waals surface area contributed by atoms with Crippen molar-refractivity contribution >= 4 is 17.1 Å². The van der Waals surface area contributed by atoms with Crippen LogP contribution in [-0.2, 0) is 13.0 Å². The van der Waals surface area contributed by atoms with Crippen molar-refractivity contribution in [1.82, 2.24) is 30.2 Å². The first-order valence-electron chi connectivity index (χ1n) is 11.0. The largest absolute Gasteiger partial charge is 0.352 e. The fourth-order valence-corrected chi connectivity index (χ4v) is 4.26. The summed E-state index contributed by atoms with van der Waals surface area (Å²) in [6, 6.07) is 18.0. The molecule has 0 spiro atoms. The molecule has 7 nitrogen and oxygen atoms in total. The number of fused-ring (bicyclic) bond motifs is 2. The van der Waals surface area contributed by atoms with Gasteiger partial charge in [-0.05, 0) is 60.7 Å². The fraction of sp³-hybridized carbons (Fsp3) is 0.280. The quantitative estimate of drug-likeness (QED) is 0.479. The molecule has 1 amide bonds. The lowest BCUT2D eigenvalue weighted by Gasteiger charge is -2.28. The van der Waals surface area contributed by atoms with Gasteiger partial charge in [0.05, 0.1) is 5.69 Å². The minimum atomic E-state index is -0.0763. The number of benzene rings is 2. The lowest BCUT2D eigenvalue weighted by atomic mass is 10.00. The van der Waals surface area contributed by atoms with Crippen molar-refractivity contribution in [3.8, 4) is 5.69 Å². The van der Waals surface area contributed by atoms with Crippen LogP contribution in [0.1, 0.15) is 33.5 Å². The molecule has 0 unspecified atom stereocenters. The van der Waals surface area contributed by atoms with E-state index in [0.717, 1.165) is 49.2 Å². The molecule has 0 bridgehead atoms. The van der Waals surface area contributed by atoms with Crippen LogP contribution in [0.4, 0.5) is 0 Å². The molecule has 3 heterocycles. The third-order valence-corrected chi connectivity index (χ3v) is 6.05. The summed E-state index contributed by atoms with van der Waals surface area (Å²) >= 11 is 0. The first kappa shape index (κ1) is 20.3. The van der Waals surface area contributed by atoms with E-state index in [1.54, 1.807) is 10.9 Å². The Bertz CT molecular complexity index is 1260. The van der Waals surface area contributed by atoms with Crippen LogP contribution >= 0.6 is 0 Å². The van der Waals surface area contributed by atoms with Crippen LogP contribution in [0, 0.1) is 6.92 Å². The minimum absolute atomic E-state index is 0.0763. The van der Waals surface area contributed by atoms with E-state index in [-0.39, 0.29) is 5.91 Å². The van der Waals surface area contributed by atoms with Gasteiger partial charge in [-0.1, -0.05) is 35.5 Å². The van der Waals surface area contributed by atoms with Crippen LogP contribution in [0.2, 0.25) is 0 Å². The molecule has 162 valence electrons. The number of carbonyl (C=O) groups excluding carboxylic acids is 1. The number of nitrogens with one attached hydrogen (secondary N) is 1. The third kappa shape index (κ3) is 4.11. The smallest absolute Gasteiger partial charge is 0.251 e. The average Bonchev–Trinajstić information content (AvgIpc) is 3.26. The number of aromatic nitrogens is 4. The Morgan fingerprint density at radius 1 is 1.09 bits per heavy atom. The minimum Gasteiger partial charge on any atom is -0.352 e. The maximum atomic E-state index is 12.8. The predicted octanol–water partition coefficient (Wildman–Crippen LogP) is 3.30. The number of hydrogen-bond donors (Lipinski definition) is 1. The average molecular weight is 427 g/mol. The van der Waals surface area contributed by atoms with E-state index in [4.69, 9.17) is 0 Å². The number of pyridine rings is 1. The number of nitrogens with zero attached hydrogens (tertiary/aromatic N) is 5. The lowest BCUT2D eigenvalue weighted by Crippen LogP contribution is -2.33. The highest BCUT2D eigenvalue weighted by molar-refractivity contribution is 5.95. The van der Waals surface area contributed by atoms with Gasteiger partial charge in [-0.25, -0.2) is 4.98 Å². The highest BCUT2D eigenvalue weighted by Gasteiger charge is 2.16. The second-order valence-corrected chi connectivity index (χ2v) is 8.25. The predicted molar refractivity (Wildman–Crippen MR) is 124 cm³/mol. The molecule has 0 fully saturated rings. The van der Waals surface area contributed by atoms with Gasteiger partial charge in [-0.3, -0.25) is 9.69 Å². The monoisotopic (exact) mass is 426 g/mol. The fourth-order valence-electron chi connectivity index (χ4n) is 4.26. The molecule has 2 aromatic carbocycles. The van der Waals surface area contributed by atoms with E-state index < -0.39 is 0 Å². The zero-order chi connectivity index (χ0) is 21.9. The molecular weight excluding hydrogens is 400 g/mol. The Kier molecular flexibility index (Phi) is 5.64. The van der Waals surface area contributed by atoms with Gasteiger partial charge in [0.2, 0.25) is 0 Å². The van der Waals surface area contributed by atoms with Gasteiger partial charge >= 0.3 is 0 Å². The van der Waals surface area contributed by atoms with Gasteiger partial charge < -0.3 is 5.32 Å². The molecule has 0 radical (unpaired) electrons. The highest BCUT2D eigenvalue weighted by atomic mass is 16.1. The second kappa shape index (κ2) is 8.88. The van der Waals surface area contributed by atoms with E-state index in [2.05, 4.69) is 49.8 Å². The van der Waals surface area contributed by atoms with Crippen molar-refractivity contribution in [1.29, 1.82) is 0 Å². The van der Waals surface area contributed by atoms with Crippen molar-refractivity contribution in [2.75, 3.05) is 19.6 Å². The molecule has 1 aliphatic heterocycles. The summed E-state index contributed by atoms with van der Waals surface area (Å²) < 4.78 is 1.69. The zero-order valence-electron chi connectivity index (χ0n) is 18.2. The maximum Gasteiger partial charge on any atom is 0.251 e. The Morgan fingerprint density at radius 3 is 2.88 bits per heavy atom. The van der Waals surface area contributed by atoms with Gasteiger partial charge in [0, 0.05) is 37.9 Å². The first-order chi connectivity index (χ1) is 15.7. The van der Waals surface area contributed by atoms with Gasteiger partial charge in [-0.15, -0.1) is 5.10 Å². The Balaban J connectivity index is 1.20. The molecule has 0 saturated carbocycles. The summed E-state index contributed by atoms with van der Waals surface area (Å²) in [5, 5.41) is 11.5. The SMILES string of the molecule is Cc1ccc(C(=O)NCCCN2CCc3ccccc3C2)cc1-n1nnc2cccnc21. The van der Waals surface area contributed by atoms with Crippen LogP contribution in [0.15, 0.2) is 60.8 Å². The lowest BCUT2D eigenvalue weighted by molar-refractivity contribution is 0.0951. The second-order valence-electron chi connectivity index (χ2n) is 8.25. The number of hydrogen-bond acceptors (Lipinski definition) is 5. The summed E-state index contributed by atoms with van der Waals surface area (Å²) in [4.78, 5) is 19.6. The third-order valence-electron chi connectivity index (χ3n) is 6.05. The first-order valence-corrected chi connectivity index (χ1v) is 11.0. The molecule has 0 saturated heterocycles. The van der Waals surface area contributed by atoms with Gasteiger partial charge in [0.15, 0.2) is 5.65 Å². The molecule has 1 N–H and O–H groups in total. The molecule has 0 atom stereocenters. The van der Waals surface area contributed by atoms with E-state index in [9.17, 15) is 4.79 Å². The molecule has 7 heteroatoms. The van der Waals surface area contributed by atoms with Gasteiger partial charge in [-0.2, -0.15) is 4.68 Å². The Morgan fingerprint density at radius 2 is 1.97 bits per heavy atom. The molecule has 2 aromatic heterocycles. The zero-order valence-corrected chi connectivity index (χ0v) is 18.2. The van der Waals surface area contributed by atoms with Crippen molar-refractivity contribution in [3.63, 3.8) is 0 Å². The maximum absolute atomic E-state index is 12.8. The van der Waals surface area contributed by atoms with Gasteiger partial charge in [0.25, 0.3) is 5.91 Å². The number of carbonyl (C=O) groups is 1. The summed E-state index contributed by atoms with van der Waals surface area (Å²) in [6.45, 7) is 5.68. The molecule has 1 aliphatic rings. The van der Waals surface area contributed by atoms with E-state index in [1.165, 1.54) is 11.1 Å². The molecular formula is C25H26N6O. The standard InChI is InChI=1S/C25H26N6O/c1-18-9-10-20(16-23(18)31-24-22(28-29-31)8-4-12-26-24)25(32)27-13-5-14-30-15-11-19-6-2-3-7-21(19)17-30/h2-4,6-10,12,16H,5,11,13-15,17H2,1H3,(H,27,32). The van der Waals surface area contributed by atoms with Crippen molar-refractivity contribution in [2.45, 2.75) is 26.3 Å². The van der Waals surface area contributed by atoms with E-state index in [0.29, 0.717) is 17.8 Å². The normalized spacial score (nSPS) is 13.8. The molecule has 32 heavy (non-hydrogen) atoms. The van der Waals surface area contributed by atoms with Crippen molar-refractivity contribution in [3.05, 3.63) is 83.0 Å². The summed E-state index contributed by atoms with van der Waals surface area (Å²) in [5.41, 5.74) is 6.71. The van der Waals surface area contributed by atoms with Gasteiger partial charge in [0.1, 0.15) is 5.52 Å². The van der Waals surface area contributed by atoms with Crippen molar-refractivity contribution in [2.24, 2.45) is 0 Å². The highest BCUT2D eigenvalue weighted by Crippen LogP contribution is 2.20. The van der Waals surface area contributed by atoms with E-state index >= 15 is 0 Å². The van der Waals surface area contributed by atoms with Crippen molar-refractivity contribution < 1.29 is 4.79 Å². The van der Waals surface area contributed by atoms with Crippen LogP contribution < -0.4 is 5.32 Å². The summed E-state index contributed by atoms with van der Waals surface area (Å²) in [5.74, 6) is -0.0763. The molecule has 5 rings (SSSR count). The topological polar surface area (TPSA) is 75.9 Å². The van der Waals surface area contributed by atoms with E-state index in [1.807, 2.05) is 37.3 Å². The number of aryl methyl sites for hydroxylation is 1. The molecule has 4 aromatic rings. The summed E-state index contributed by atoms with van der Waals surface area (Å²) in [6.07, 6.45) is 3.74. The van der Waals surface area contributed by atoms with Crippen LogP contribution in [0.3, 0.4) is 0 Å². The van der Waals surface area contributed by atoms with Crippen LogP contribution in [0.25, 0.3) is 16.9 Å². The molecule has 0 aliphatic carbocycles. The Labute approximate surface area is 187 Å². The van der Waals surface area contributed by atoms with Crippen LogP contribution in [-0.4, -0.2) is 50.4 Å². The summed E-state index contributed by atoms with van der Waals surface area (Å²) in [7, 11) is 0. The number of amides is 1. The number of rotatable bonds is 6. The Hall–Kier alpha value is -3.58.